The van der Waals surface area contributed by atoms with Crippen molar-refractivity contribution in [3.05, 3.63) is 47.5 Å². The molecule has 0 N–H and O–H groups in total. The molecule has 0 spiro atoms. The van der Waals surface area contributed by atoms with Crippen LogP contribution in [0.25, 0.3) is 10.8 Å². The predicted octanol–water partition coefficient (Wildman–Crippen LogP) is 5.62. The molecule has 0 radical (unpaired) electrons. The van der Waals surface area contributed by atoms with Gasteiger partial charge in [0.05, 0.1) is 5.38 Å². The lowest BCUT2D eigenvalue weighted by Gasteiger charge is -2.15. The average Bonchev–Trinajstić information content (AvgIpc) is 2.35. The molecular weight excluding hydrogens is 228 g/mol. The second-order valence-corrected chi connectivity index (χ2v) is 5.15. The zero-order valence-corrected chi connectivity index (χ0v) is 11.3. The largest absolute Gasteiger partial charge is 0.118 e. The van der Waals surface area contributed by atoms with Crippen molar-refractivity contribution in [1.82, 2.24) is 0 Å². The summed E-state index contributed by atoms with van der Waals surface area (Å²) in [6, 6.07) is 12.9. The highest BCUT2D eigenvalue weighted by Gasteiger charge is 2.13. The van der Waals surface area contributed by atoms with Gasteiger partial charge >= 0.3 is 0 Å². The molecule has 2 rings (SSSR count). The summed E-state index contributed by atoms with van der Waals surface area (Å²) in [5, 5.41) is 2.74. The Morgan fingerprint density at radius 3 is 2.65 bits per heavy atom. The zero-order chi connectivity index (χ0) is 12.3. The number of hydrogen-bond acceptors (Lipinski definition) is 0. The van der Waals surface area contributed by atoms with Crippen LogP contribution in [0.1, 0.15) is 42.7 Å². The van der Waals surface area contributed by atoms with Crippen molar-refractivity contribution in [2.75, 3.05) is 0 Å². The van der Waals surface area contributed by atoms with E-state index in [9.17, 15) is 0 Å². The van der Waals surface area contributed by atoms with E-state index in [1.165, 1.54) is 34.7 Å². The normalized spacial score (nSPS) is 12.9. The van der Waals surface area contributed by atoms with Crippen molar-refractivity contribution >= 4 is 22.4 Å². The Morgan fingerprint density at radius 1 is 1.12 bits per heavy atom. The fraction of sp³-hybridized carbons (Fsp3) is 0.375. The van der Waals surface area contributed by atoms with Crippen LogP contribution in [0.5, 0.6) is 0 Å². The molecule has 0 nitrogen and oxygen atoms in total. The van der Waals surface area contributed by atoms with Crippen LogP contribution < -0.4 is 0 Å². The minimum Gasteiger partial charge on any atom is -0.118 e. The first kappa shape index (κ1) is 12.4. The highest BCUT2D eigenvalue weighted by Crippen LogP contribution is 2.34. The van der Waals surface area contributed by atoms with Crippen LogP contribution in [-0.4, -0.2) is 0 Å². The fourth-order valence-electron chi connectivity index (χ4n) is 2.35. The SMILES string of the molecule is CCCCC(Cl)c1c(C)ccc2ccccc12. The number of alkyl halides is 1. The van der Waals surface area contributed by atoms with Crippen molar-refractivity contribution in [2.45, 2.75) is 38.5 Å². The first-order chi connectivity index (χ1) is 8.24. The van der Waals surface area contributed by atoms with Gasteiger partial charge in [-0.25, -0.2) is 0 Å². The van der Waals surface area contributed by atoms with Crippen LogP contribution in [0, 0.1) is 6.92 Å². The molecule has 2 aromatic carbocycles. The third-order valence-electron chi connectivity index (χ3n) is 3.31. The maximum atomic E-state index is 6.57. The van der Waals surface area contributed by atoms with E-state index in [4.69, 9.17) is 11.6 Å². The molecule has 0 saturated heterocycles. The van der Waals surface area contributed by atoms with Gasteiger partial charge in [-0.1, -0.05) is 56.2 Å². The summed E-state index contributed by atoms with van der Waals surface area (Å²) in [5.41, 5.74) is 2.62. The van der Waals surface area contributed by atoms with E-state index in [0.29, 0.717) is 0 Å². The molecule has 0 aromatic heterocycles. The Morgan fingerprint density at radius 2 is 1.88 bits per heavy atom. The summed E-state index contributed by atoms with van der Waals surface area (Å²) in [4.78, 5) is 0. The van der Waals surface area contributed by atoms with E-state index in [1.54, 1.807) is 0 Å². The van der Waals surface area contributed by atoms with Crippen molar-refractivity contribution < 1.29 is 0 Å². The lowest BCUT2D eigenvalue weighted by Crippen LogP contribution is -1.96. The van der Waals surface area contributed by atoms with E-state index >= 15 is 0 Å². The molecule has 1 atom stereocenters. The lowest BCUT2D eigenvalue weighted by atomic mass is 9.95. The standard InChI is InChI=1S/C16H19Cl/c1-3-4-9-15(17)16-12(2)10-11-13-7-5-6-8-14(13)16/h5-8,10-11,15H,3-4,9H2,1-2H3. The van der Waals surface area contributed by atoms with Gasteiger partial charge in [0.15, 0.2) is 0 Å². The number of rotatable bonds is 4. The van der Waals surface area contributed by atoms with Gasteiger partial charge in [0.2, 0.25) is 0 Å². The lowest BCUT2D eigenvalue weighted by molar-refractivity contribution is 0.701. The van der Waals surface area contributed by atoms with Crippen LogP contribution in [0.2, 0.25) is 0 Å². The summed E-state index contributed by atoms with van der Waals surface area (Å²) >= 11 is 6.57. The predicted molar refractivity (Wildman–Crippen MR) is 76.8 cm³/mol. The Labute approximate surface area is 109 Å². The quantitative estimate of drug-likeness (QED) is 0.615. The molecule has 0 fully saturated rings. The summed E-state index contributed by atoms with van der Waals surface area (Å²) in [6.45, 7) is 4.36. The Bertz CT molecular complexity index is 502. The molecule has 1 heteroatoms. The van der Waals surface area contributed by atoms with Gasteiger partial charge < -0.3 is 0 Å². The van der Waals surface area contributed by atoms with Gasteiger partial charge in [0.1, 0.15) is 0 Å². The Balaban J connectivity index is 2.47. The topological polar surface area (TPSA) is 0 Å². The Hall–Kier alpha value is -1.01. The van der Waals surface area contributed by atoms with Gasteiger partial charge in [-0.3, -0.25) is 0 Å². The highest BCUT2D eigenvalue weighted by molar-refractivity contribution is 6.22. The molecular formula is C16H19Cl. The third-order valence-corrected chi connectivity index (χ3v) is 3.75. The second-order valence-electron chi connectivity index (χ2n) is 4.63. The summed E-state index contributed by atoms with van der Waals surface area (Å²) < 4.78 is 0. The van der Waals surface area contributed by atoms with Crippen LogP contribution >= 0.6 is 11.6 Å². The van der Waals surface area contributed by atoms with Gasteiger partial charge in [-0.05, 0) is 35.2 Å². The van der Waals surface area contributed by atoms with E-state index in [1.807, 2.05) is 0 Å². The minimum absolute atomic E-state index is 0.140. The van der Waals surface area contributed by atoms with E-state index in [2.05, 4.69) is 50.2 Å². The van der Waals surface area contributed by atoms with Crippen molar-refractivity contribution in [3.63, 3.8) is 0 Å². The number of aryl methyl sites for hydroxylation is 1. The Kier molecular flexibility index (Phi) is 4.06. The van der Waals surface area contributed by atoms with Gasteiger partial charge in [0, 0.05) is 0 Å². The summed E-state index contributed by atoms with van der Waals surface area (Å²) in [5.74, 6) is 0. The molecule has 1 unspecified atom stereocenters. The fourth-order valence-corrected chi connectivity index (χ4v) is 2.79. The molecule has 0 bridgehead atoms. The molecule has 0 aliphatic rings. The van der Waals surface area contributed by atoms with Crippen LogP contribution in [0.15, 0.2) is 36.4 Å². The van der Waals surface area contributed by atoms with Crippen molar-refractivity contribution in [2.24, 2.45) is 0 Å². The number of unbranched alkanes of at least 4 members (excludes halogenated alkanes) is 1. The third kappa shape index (κ3) is 2.63. The molecule has 0 amide bonds. The minimum atomic E-state index is 0.140. The molecule has 2 aromatic rings. The first-order valence-corrected chi connectivity index (χ1v) is 6.80. The molecule has 0 heterocycles. The van der Waals surface area contributed by atoms with E-state index in [0.717, 1.165) is 6.42 Å². The van der Waals surface area contributed by atoms with Gasteiger partial charge in [0.25, 0.3) is 0 Å². The summed E-state index contributed by atoms with van der Waals surface area (Å²) in [6.07, 6.45) is 3.46. The molecule has 17 heavy (non-hydrogen) atoms. The monoisotopic (exact) mass is 246 g/mol. The number of benzene rings is 2. The van der Waals surface area contributed by atoms with Crippen LogP contribution in [0.3, 0.4) is 0 Å². The maximum Gasteiger partial charge on any atom is 0.0593 e. The summed E-state index contributed by atoms with van der Waals surface area (Å²) in [7, 11) is 0. The second kappa shape index (κ2) is 5.55. The maximum absolute atomic E-state index is 6.57. The van der Waals surface area contributed by atoms with Crippen molar-refractivity contribution in [1.29, 1.82) is 0 Å². The average molecular weight is 247 g/mol. The zero-order valence-electron chi connectivity index (χ0n) is 10.5. The number of fused-ring (bicyclic) bond motifs is 1. The van der Waals surface area contributed by atoms with Crippen LogP contribution in [-0.2, 0) is 0 Å². The van der Waals surface area contributed by atoms with Crippen LogP contribution in [0.4, 0.5) is 0 Å². The molecule has 0 saturated carbocycles. The van der Waals surface area contributed by atoms with Gasteiger partial charge in [-0.15, -0.1) is 11.6 Å². The molecule has 0 aliphatic carbocycles. The smallest absolute Gasteiger partial charge is 0.0593 e. The van der Waals surface area contributed by atoms with Gasteiger partial charge in [-0.2, -0.15) is 0 Å². The molecule has 90 valence electrons. The van der Waals surface area contributed by atoms with E-state index < -0.39 is 0 Å². The van der Waals surface area contributed by atoms with E-state index in [-0.39, 0.29) is 5.38 Å². The number of hydrogen-bond donors (Lipinski definition) is 0. The number of halogens is 1. The molecule has 0 aliphatic heterocycles. The first-order valence-electron chi connectivity index (χ1n) is 6.36. The highest BCUT2D eigenvalue weighted by atomic mass is 35.5. The van der Waals surface area contributed by atoms with Crippen molar-refractivity contribution in [3.8, 4) is 0 Å².